The highest BCUT2D eigenvalue weighted by molar-refractivity contribution is 7.05. The fraction of sp³-hybridized carbons (Fsp3) is 0.143. The van der Waals surface area contributed by atoms with Crippen molar-refractivity contribution in [1.29, 1.82) is 0 Å². The van der Waals surface area contributed by atoms with Gasteiger partial charge in [0.2, 0.25) is 8.24 Å². The Bertz CT molecular complexity index is 1030. The lowest BCUT2D eigenvalue weighted by molar-refractivity contribution is 0.962. The van der Waals surface area contributed by atoms with E-state index < -0.39 is 8.24 Å². The van der Waals surface area contributed by atoms with Crippen molar-refractivity contribution in [2.45, 2.75) is 12.5 Å². The molecule has 0 N–H and O–H groups in total. The second kappa shape index (κ2) is 6.55. The van der Waals surface area contributed by atoms with E-state index in [4.69, 9.17) is 0 Å². The first kappa shape index (κ1) is 16.1. The standard InChI is InChI=1S/C21H19N5Si/c1-3-8-17(9-4-1)27(18-10-5-2-6-11-18)15-7-14-26(27)21-19-20(24-16-25-21)23-13-12-22-19/h1-6,8-13,16H,7,14-15H2. The first-order valence-corrected chi connectivity index (χ1v) is 11.4. The first-order chi connectivity index (χ1) is 13.4. The van der Waals surface area contributed by atoms with E-state index in [0.29, 0.717) is 5.65 Å². The summed E-state index contributed by atoms with van der Waals surface area (Å²) >= 11 is 0. The lowest BCUT2D eigenvalue weighted by Gasteiger charge is -2.38. The zero-order valence-corrected chi connectivity index (χ0v) is 15.9. The van der Waals surface area contributed by atoms with Crippen LogP contribution in [0.2, 0.25) is 6.04 Å². The second-order valence-electron chi connectivity index (χ2n) is 6.77. The maximum Gasteiger partial charge on any atom is 0.221 e. The maximum absolute atomic E-state index is 4.68. The zero-order valence-electron chi connectivity index (χ0n) is 14.9. The molecule has 2 aromatic heterocycles. The van der Waals surface area contributed by atoms with Gasteiger partial charge in [0.1, 0.15) is 11.8 Å². The highest BCUT2D eigenvalue weighted by Crippen LogP contribution is 2.32. The molecule has 0 bridgehead atoms. The number of nitrogens with zero attached hydrogens (tertiary/aromatic N) is 5. The second-order valence-corrected chi connectivity index (χ2v) is 10.7. The average molecular weight is 370 g/mol. The molecule has 27 heavy (non-hydrogen) atoms. The Labute approximate surface area is 158 Å². The maximum atomic E-state index is 4.68. The van der Waals surface area contributed by atoms with Crippen molar-refractivity contribution in [3.63, 3.8) is 0 Å². The van der Waals surface area contributed by atoms with Crippen LogP contribution in [0.5, 0.6) is 0 Å². The number of aromatic nitrogens is 4. The number of fused-ring (bicyclic) bond motifs is 1. The molecule has 1 fully saturated rings. The zero-order chi connectivity index (χ0) is 18.1. The first-order valence-electron chi connectivity index (χ1n) is 9.20. The molecule has 0 spiro atoms. The summed E-state index contributed by atoms with van der Waals surface area (Å²) < 4.78 is 2.52. The monoisotopic (exact) mass is 369 g/mol. The van der Waals surface area contributed by atoms with E-state index in [1.54, 1.807) is 18.7 Å². The van der Waals surface area contributed by atoms with Gasteiger partial charge in [0.15, 0.2) is 11.5 Å². The van der Waals surface area contributed by atoms with Gasteiger partial charge in [-0.1, -0.05) is 60.7 Å². The Morgan fingerprint density at radius 1 is 0.741 bits per heavy atom. The van der Waals surface area contributed by atoms with Crippen molar-refractivity contribution in [2.75, 3.05) is 11.1 Å². The quantitative estimate of drug-likeness (QED) is 0.519. The van der Waals surface area contributed by atoms with Crippen LogP contribution < -0.4 is 14.9 Å². The molecule has 0 radical (unpaired) electrons. The van der Waals surface area contributed by atoms with Crippen LogP contribution in [0.1, 0.15) is 6.42 Å². The minimum absolute atomic E-state index is 0.651. The third kappa shape index (κ3) is 2.52. The molecule has 1 aliphatic rings. The number of hydrogen-bond donors (Lipinski definition) is 0. The molecule has 0 amide bonds. The van der Waals surface area contributed by atoms with Gasteiger partial charge < -0.3 is 4.57 Å². The van der Waals surface area contributed by atoms with Gasteiger partial charge in [-0.05, 0) is 22.8 Å². The highest BCUT2D eigenvalue weighted by atomic mass is 28.3. The lowest BCUT2D eigenvalue weighted by atomic mass is 10.4. The predicted octanol–water partition coefficient (Wildman–Crippen LogP) is 2.39. The van der Waals surface area contributed by atoms with Crippen molar-refractivity contribution in [3.05, 3.63) is 79.4 Å². The van der Waals surface area contributed by atoms with Crippen LogP contribution in [0.15, 0.2) is 79.4 Å². The molecule has 5 rings (SSSR count). The van der Waals surface area contributed by atoms with Crippen molar-refractivity contribution in [1.82, 2.24) is 19.9 Å². The van der Waals surface area contributed by atoms with E-state index in [9.17, 15) is 0 Å². The number of rotatable bonds is 3. The molecule has 1 aliphatic heterocycles. The summed E-state index contributed by atoms with van der Waals surface area (Å²) in [6.07, 6.45) is 6.16. The topological polar surface area (TPSA) is 54.8 Å². The molecule has 6 heteroatoms. The Morgan fingerprint density at radius 3 is 2.11 bits per heavy atom. The molecular weight excluding hydrogens is 350 g/mol. The van der Waals surface area contributed by atoms with Crippen molar-refractivity contribution >= 4 is 35.6 Å². The number of anilines is 1. The fourth-order valence-corrected chi connectivity index (χ4v) is 9.31. The van der Waals surface area contributed by atoms with Crippen molar-refractivity contribution < 1.29 is 0 Å². The summed E-state index contributed by atoms with van der Waals surface area (Å²) in [5.74, 6) is 0.907. The van der Waals surface area contributed by atoms with E-state index in [1.165, 1.54) is 10.4 Å². The lowest BCUT2D eigenvalue weighted by Crippen LogP contribution is -2.67. The highest BCUT2D eigenvalue weighted by Gasteiger charge is 2.48. The third-order valence-corrected chi connectivity index (χ3v) is 10.4. The largest absolute Gasteiger partial charge is 0.373 e. The molecule has 132 valence electrons. The van der Waals surface area contributed by atoms with Crippen LogP contribution in [0.25, 0.3) is 11.2 Å². The molecule has 0 aliphatic carbocycles. The van der Waals surface area contributed by atoms with Crippen LogP contribution in [0.4, 0.5) is 5.82 Å². The molecule has 1 saturated heterocycles. The van der Waals surface area contributed by atoms with Gasteiger partial charge in [-0.3, -0.25) is 0 Å². The normalized spacial score (nSPS) is 15.9. The number of hydrogen-bond acceptors (Lipinski definition) is 5. The molecule has 4 aromatic rings. The van der Waals surface area contributed by atoms with Gasteiger partial charge in [0.25, 0.3) is 0 Å². The minimum atomic E-state index is -2.20. The summed E-state index contributed by atoms with van der Waals surface area (Å²) in [4.78, 5) is 17.9. The Balaban J connectivity index is 1.78. The molecule has 2 aromatic carbocycles. The molecule has 3 heterocycles. The summed E-state index contributed by atoms with van der Waals surface area (Å²) in [6.45, 7) is 0.971. The summed E-state index contributed by atoms with van der Waals surface area (Å²) in [7, 11) is -2.20. The third-order valence-electron chi connectivity index (χ3n) is 5.39. The Hall–Kier alpha value is -3.12. The fourth-order valence-electron chi connectivity index (χ4n) is 4.28. The van der Waals surface area contributed by atoms with Crippen LogP contribution in [0, 0.1) is 0 Å². The van der Waals surface area contributed by atoms with E-state index in [2.05, 4.69) is 85.2 Å². The van der Waals surface area contributed by atoms with Gasteiger partial charge in [0.05, 0.1) is 0 Å². The van der Waals surface area contributed by atoms with E-state index in [-0.39, 0.29) is 0 Å². The van der Waals surface area contributed by atoms with Gasteiger partial charge in [0, 0.05) is 18.9 Å². The van der Waals surface area contributed by atoms with Crippen LogP contribution >= 0.6 is 0 Å². The van der Waals surface area contributed by atoms with Gasteiger partial charge in [-0.2, -0.15) is 0 Å². The molecule has 0 atom stereocenters. The van der Waals surface area contributed by atoms with Gasteiger partial charge >= 0.3 is 0 Å². The van der Waals surface area contributed by atoms with Crippen LogP contribution in [-0.2, 0) is 0 Å². The van der Waals surface area contributed by atoms with E-state index in [0.717, 1.165) is 30.3 Å². The predicted molar refractivity (Wildman–Crippen MR) is 110 cm³/mol. The van der Waals surface area contributed by atoms with E-state index >= 15 is 0 Å². The average Bonchev–Trinajstić information content (AvgIpc) is 3.20. The molecule has 0 saturated carbocycles. The Morgan fingerprint density at radius 2 is 1.41 bits per heavy atom. The van der Waals surface area contributed by atoms with Crippen LogP contribution in [0.3, 0.4) is 0 Å². The number of benzene rings is 2. The molecule has 5 nitrogen and oxygen atoms in total. The summed E-state index contributed by atoms with van der Waals surface area (Å²) in [6, 6.07) is 23.0. The summed E-state index contributed by atoms with van der Waals surface area (Å²) in [5, 5.41) is 2.81. The molecular formula is C21H19N5Si. The SMILES string of the molecule is c1ccc([Si]2(c3ccccc3)CCCN2c2ncnc3nccnc23)cc1. The molecule has 0 unspecified atom stereocenters. The van der Waals surface area contributed by atoms with Gasteiger partial charge in [-0.25, -0.2) is 19.9 Å². The van der Waals surface area contributed by atoms with Crippen molar-refractivity contribution in [2.24, 2.45) is 0 Å². The van der Waals surface area contributed by atoms with E-state index in [1.807, 2.05) is 0 Å². The Kier molecular flexibility index (Phi) is 3.90. The minimum Gasteiger partial charge on any atom is -0.373 e. The van der Waals surface area contributed by atoms with Crippen LogP contribution in [-0.4, -0.2) is 34.7 Å². The van der Waals surface area contributed by atoms with Crippen molar-refractivity contribution in [3.8, 4) is 0 Å². The summed E-state index contributed by atoms with van der Waals surface area (Å²) in [5.41, 5.74) is 1.43. The van der Waals surface area contributed by atoms with Gasteiger partial charge in [-0.15, -0.1) is 0 Å². The smallest absolute Gasteiger partial charge is 0.221 e.